The van der Waals surface area contributed by atoms with Crippen LogP contribution in [0.3, 0.4) is 0 Å². The van der Waals surface area contributed by atoms with Crippen molar-refractivity contribution >= 4 is 46.7 Å². The molecule has 4 aliphatic carbocycles. The summed E-state index contributed by atoms with van der Waals surface area (Å²) in [6, 6.07) is 28.2. The van der Waals surface area contributed by atoms with E-state index >= 15 is 0 Å². The van der Waals surface area contributed by atoms with E-state index in [0.717, 1.165) is 36.0 Å². The van der Waals surface area contributed by atoms with Crippen molar-refractivity contribution in [2.45, 2.75) is 107 Å². The van der Waals surface area contributed by atoms with Gasteiger partial charge < -0.3 is 76.9 Å². The van der Waals surface area contributed by atoms with Crippen LogP contribution in [0.5, 0.6) is 57.5 Å². The number of nitrogens with one attached hydrogen (secondary N) is 5. The molecule has 13 N–H and O–H groups in total. The average molecular weight is 1170 g/mol. The minimum atomic E-state index is -1.47. The molecule has 4 saturated carbocycles. The number of phenols is 8. The molecule has 6 aliphatic rings. The van der Waals surface area contributed by atoms with Gasteiger partial charge in [0.25, 0.3) is 0 Å². The third kappa shape index (κ3) is 10.1. The summed E-state index contributed by atoms with van der Waals surface area (Å²) < 4.78 is 12.5. The Morgan fingerprint density at radius 2 is 0.976 bits per heavy atom. The number of benzene rings is 6. The molecule has 6 aromatic rings. The Morgan fingerprint density at radius 3 is 1.48 bits per heavy atom. The van der Waals surface area contributed by atoms with E-state index in [0.29, 0.717) is 105 Å². The van der Waals surface area contributed by atoms with E-state index in [1.807, 2.05) is 6.07 Å². The molecule has 0 aromatic heterocycles. The Labute approximate surface area is 495 Å². The largest absolute Gasteiger partial charge is 0.508 e. The summed E-state index contributed by atoms with van der Waals surface area (Å²) in [5.74, 6) is -1.99. The predicted molar refractivity (Wildman–Crippen MR) is 315 cm³/mol. The summed E-state index contributed by atoms with van der Waals surface area (Å²) in [6.45, 7) is 0.943. The number of anilines is 1. The van der Waals surface area contributed by atoms with E-state index in [1.165, 1.54) is 60.7 Å². The standard InChI is InChI=1S/C65H67N5O14S/c71-41-5-8-45-53(29-41)83-54-30-42(72)6-9-46(54)65(45)44-7-4-40(28-43(44)58(82)84-65)69-59(85)70-63-32-60(19-13-55(79)66-22-16-37-1-10-47(73)50(76)25-37)31-61(20-14-56(80)67-23-17-38-2-11-48(74)51(77)26-38)34-62(35-63,64(61,33-60)36-63)21-15-57(81)68-24-18-39-3-12-49(75)52(78)27-39/h1-12,25-30,71-78H,13-24,31-36H2,(H,66,79)(H,67,80)(H,68,81)(H2,69,70,85). The number of esters is 1. The summed E-state index contributed by atoms with van der Waals surface area (Å²) in [5.41, 5.74) is 1.00. The predicted octanol–water partition coefficient (Wildman–Crippen LogP) is 8.68. The molecule has 5 atom stereocenters. The molecule has 4 fully saturated rings. The number of rotatable bonds is 20. The maximum absolute atomic E-state index is 14.1. The van der Waals surface area contributed by atoms with Crippen LogP contribution >= 0.6 is 12.2 Å². The van der Waals surface area contributed by atoms with Gasteiger partial charge in [-0.25, -0.2) is 4.79 Å². The van der Waals surface area contributed by atoms with Gasteiger partial charge in [-0.2, -0.15) is 0 Å². The molecule has 2 heterocycles. The summed E-state index contributed by atoms with van der Waals surface area (Å²) in [7, 11) is 0. The molecular weight excluding hydrogens is 1110 g/mol. The lowest BCUT2D eigenvalue weighted by Gasteiger charge is -2.67. The number of thiocarbonyl (C=S) groups is 1. The van der Waals surface area contributed by atoms with Gasteiger partial charge in [0.1, 0.15) is 23.0 Å². The van der Waals surface area contributed by atoms with E-state index in [1.54, 1.807) is 42.5 Å². The fourth-order valence-electron chi connectivity index (χ4n) is 16.4. The third-order valence-corrected chi connectivity index (χ3v) is 19.6. The fourth-order valence-corrected chi connectivity index (χ4v) is 16.7. The smallest absolute Gasteiger partial charge is 0.340 e. The van der Waals surface area contributed by atoms with Crippen molar-refractivity contribution < 1.29 is 69.5 Å². The van der Waals surface area contributed by atoms with Gasteiger partial charge in [-0.1, -0.05) is 24.3 Å². The number of carbonyl (C=O) groups is 4. The first-order valence-corrected chi connectivity index (χ1v) is 29.2. The molecule has 442 valence electrons. The molecule has 3 bridgehead atoms. The third-order valence-electron chi connectivity index (χ3n) is 19.4. The van der Waals surface area contributed by atoms with Crippen LogP contribution in [0.25, 0.3) is 0 Å². The first-order valence-electron chi connectivity index (χ1n) is 28.8. The zero-order valence-electron chi connectivity index (χ0n) is 46.6. The second-order valence-corrected chi connectivity index (χ2v) is 25.0. The molecular formula is C65H67N5O14S. The van der Waals surface area contributed by atoms with Crippen LogP contribution in [-0.4, -0.2) is 94.8 Å². The normalized spacial score (nSPS) is 23.7. The summed E-state index contributed by atoms with van der Waals surface area (Å²) in [6.07, 6.45) is 7.99. The van der Waals surface area contributed by atoms with Crippen molar-refractivity contribution in [2.75, 3.05) is 25.0 Å². The Morgan fingerprint density at radius 1 is 0.494 bits per heavy atom. The van der Waals surface area contributed by atoms with Crippen LogP contribution in [-0.2, 0) is 44.0 Å². The topological polar surface area (TPSA) is 309 Å². The molecule has 19 nitrogen and oxygen atoms in total. The fraction of sp³-hybridized carbons (Fsp3) is 0.369. The number of carbonyl (C=O) groups excluding carboxylic acids is 4. The minimum absolute atomic E-state index is 0.0607. The zero-order valence-corrected chi connectivity index (χ0v) is 47.4. The van der Waals surface area contributed by atoms with Gasteiger partial charge in [0.05, 0.1) is 5.56 Å². The van der Waals surface area contributed by atoms with E-state index in [2.05, 4.69) is 26.6 Å². The monoisotopic (exact) mass is 1170 g/mol. The number of hydrogen-bond donors (Lipinski definition) is 13. The second-order valence-electron chi connectivity index (χ2n) is 24.6. The van der Waals surface area contributed by atoms with E-state index in [-0.39, 0.29) is 122 Å². The molecule has 20 heteroatoms. The molecule has 3 amide bonds. The first kappa shape index (κ1) is 56.6. The van der Waals surface area contributed by atoms with Crippen molar-refractivity contribution in [1.82, 2.24) is 21.3 Å². The highest BCUT2D eigenvalue weighted by Crippen LogP contribution is 2.91. The number of ether oxygens (including phenoxy) is 2. The Kier molecular flexibility index (Phi) is 14.2. The number of hydrogen-bond acceptors (Lipinski definition) is 15. The van der Waals surface area contributed by atoms with Crippen LogP contribution in [0.1, 0.15) is 121 Å². The molecule has 2 aliphatic heterocycles. The lowest BCUT2D eigenvalue weighted by molar-refractivity contribution is -0.189. The summed E-state index contributed by atoms with van der Waals surface area (Å²) >= 11 is 6.25. The quantitative estimate of drug-likeness (QED) is 0.0193. The highest BCUT2D eigenvalue weighted by atomic mass is 32.1. The van der Waals surface area contributed by atoms with Gasteiger partial charge in [0.2, 0.25) is 17.7 Å². The van der Waals surface area contributed by atoms with Gasteiger partial charge in [0, 0.05) is 78.9 Å². The van der Waals surface area contributed by atoms with Crippen LogP contribution in [0, 0.1) is 21.7 Å². The first-order chi connectivity index (χ1) is 40.6. The summed E-state index contributed by atoms with van der Waals surface area (Å²) in [5, 5.41) is 97.3. The van der Waals surface area contributed by atoms with Gasteiger partial charge in [-0.15, -0.1) is 0 Å². The van der Waals surface area contributed by atoms with Crippen LogP contribution in [0.2, 0.25) is 0 Å². The minimum Gasteiger partial charge on any atom is -0.508 e. The zero-order chi connectivity index (χ0) is 59.7. The van der Waals surface area contributed by atoms with Crippen molar-refractivity contribution in [3.05, 3.63) is 148 Å². The van der Waals surface area contributed by atoms with Crippen molar-refractivity contribution in [2.24, 2.45) is 21.7 Å². The maximum atomic E-state index is 14.1. The number of amides is 3. The lowest BCUT2D eigenvalue weighted by Crippen LogP contribution is -2.60. The highest BCUT2D eigenvalue weighted by molar-refractivity contribution is 7.80. The van der Waals surface area contributed by atoms with Gasteiger partial charge >= 0.3 is 5.97 Å². The van der Waals surface area contributed by atoms with Gasteiger partial charge in [-0.05, 0) is 200 Å². The molecule has 6 aromatic carbocycles. The van der Waals surface area contributed by atoms with Crippen LogP contribution < -0.4 is 31.3 Å². The number of fused-ring (bicyclic) bond motifs is 8. The average Bonchev–Trinajstić information content (AvgIpc) is 1.46. The Balaban J connectivity index is 0.815. The molecule has 0 saturated heterocycles. The van der Waals surface area contributed by atoms with Gasteiger partial charge in [-0.3, -0.25) is 14.4 Å². The molecule has 85 heavy (non-hydrogen) atoms. The maximum Gasteiger partial charge on any atom is 0.340 e. The Hall–Kier alpha value is -8.91. The van der Waals surface area contributed by atoms with Crippen molar-refractivity contribution in [1.29, 1.82) is 0 Å². The van der Waals surface area contributed by atoms with E-state index < -0.39 is 17.1 Å². The lowest BCUT2D eigenvalue weighted by atomic mass is 9.37. The SMILES string of the molecule is O=C(CCC12CC3(NC(=S)Nc4ccc5c(c4)C(=O)OC54c5ccc(O)cc5Oc5cc(O)ccc54)CC4(CCC(=O)NCCc5ccc(O)c(O)c5)CC(CCC(=O)NCCc5ccc(O)c(O)c5)(C1)C4(C2)C3)NCCc1ccc(O)c(O)c1. The number of phenolic OH excluding ortho intramolecular Hbond substituents is 8. The molecule has 0 radical (unpaired) electrons. The van der Waals surface area contributed by atoms with Crippen molar-refractivity contribution in [3.63, 3.8) is 0 Å². The summed E-state index contributed by atoms with van der Waals surface area (Å²) in [4.78, 5) is 55.8. The van der Waals surface area contributed by atoms with E-state index in [4.69, 9.17) is 21.7 Å². The molecule has 5 unspecified atom stereocenters. The molecule has 12 rings (SSSR count). The second kappa shape index (κ2) is 21.3. The van der Waals surface area contributed by atoms with E-state index in [9.17, 15) is 60.0 Å². The van der Waals surface area contributed by atoms with Crippen LogP contribution in [0.15, 0.2) is 109 Å². The van der Waals surface area contributed by atoms with Crippen molar-refractivity contribution in [3.8, 4) is 57.5 Å². The Bertz CT molecular complexity index is 3690. The van der Waals surface area contributed by atoms with Gasteiger partial charge in [0.15, 0.2) is 45.2 Å². The van der Waals surface area contributed by atoms with Crippen LogP contribution in [0.4, 0.5) is 5.69 Å². The highest BCUT2D eigenvalue weighted by Gasteiger charge is 2.85. The molecule has 2 spiro atoms. The number of aromatic hydroxyl groups is 8.